The molecule has 0 unspecified atom stereocenters. The minimum absolute atomic E-state index is 0.368. The van der Waals surface area contributed by atoms with Crippen LogP contribution in [-0.4, -0.2) is 4.98 Å². The molecule has 2 nitrogen and oxygen atoms in total. The largest absolute Gasteiger partial charge is 0.488 e. The van der Waals surface area contributed by atoms with Crippen LogP contribution in [0.3, 0.4) is 0 Å². The van der Waals surface area contributed by atoms with Crippen LogP contribution in [0.4, 0.5) is 4.39 Å². The van der Waals surface area contributed by atoms with Crippen molar-refractivity contribution in [3.05, 3.63) is 72.2 Å². The molecule has 0 saturated carbocycles. The lowest BCUT2D eigenvalue weighted by Gasteiger charge is -2.06. The summed E-state index contributed by atoms with van der Waals surface area (Å²) in [6, 6.07) is 17.0. The second kappa shape index (κ2) is 5.06. The number of aromatic nitrogens is 1. The summed E-state index contributed by atoms with van der Waals surface area (Å²) in [4.78, 5) is 4.29. The number of nitrogens with zero attached hydrogens (tertiary/aromatic N) is 1. The maximum atomic E-state index is 13.0. The van der Waals surface area contributed by atoms with Crippen molar-refractivity contribution in [3.63, 3.8) is 0 Å². The average Bonchev–Trinajstić information content (AvgIpc) is 2.45. The third-order valence-corrected chi connectivity index (χ3v) is 2.80. The van der Waals surface area contributed by atoms with E-state index in [9.17, 15) is 4.39 Å². The van der Waals surface area contributed by atoms with Gasteiger partial charge in [0.25, 0.3) is 0 Å². The fourth-order valence-electron chi connectivity index (χ4n) is 1.87. The Hall–Kier alpha value is -2.42. The summed E-state index contributed by atoms with van der Waals surface area (Å²) in [6.45, 7) is 0.368. The minimum Gasteiger partial charge on any atom is -0.488 e. The van der Waals surface area contributed by atoms with E-state index < -0.39 is 5.82 Å². The summed E-state index contributed by atoms with van der Waals surface area (Å²) in [5.74, 6) is -0.0150. The molecule has 0 bridgehead atoms. The summed E-state index contributed by atoms with van der Waals surface area (Å²) >= 11 is 0. The maximum Gasteiger partial charge on any atom is 0.135 e. The summed E-state index contributed by atoms with van der Waals surface area (Å²) in [5.41, 5.74) is 1.91. The molecule has 0 N–H and O–H groups in total. The van der Waals surface area contributed by atoms with Crippen LogP contribution in [0.5, 0.6) is 5.75 Å². The Bertz CT molecular complexity index is 712. The van der Waals surface area contributed by atoms with Gasteiger partial charge >= 0.3 is 0 Å². The molecule has 1 aromatic heterocycles. The zero-order chi connectivity index (χ0) is 13.1. The van der Waals surface area contributed by atoms with Gasteiger partial charge in [-0.2, -0.15) is 0 Å². The van der Waals surface area contributed by atoms with E-state index in [2.05, 4.69) is 11.1 Å². The number of ether oxygens (including phenoxy) is 1. The van der Waals surface area contributed by atoms with Crippen LogP contribution in [0.2, 0.25) is 0 Å². The summed E-state index contributed by atoms with van der Waals surface area (Å²) in [6.07, 6.45) is 1.76. The second-order valence-corrected chi connectivity index (χ2v) is 4.18. The molecule has 0 amide bonds. The number of halogens is 1. The smallest absolute Gasteiger partial charge is 0.135 e. The van der Waals surface area contributed by atoms with Crippen molar-refractivity contribution in [2.75, 3.05) is 0 Å². The highest BCUT2D eigenvalue weighted by molar-refractivity contribution is 5.78. The predicted molar refractivity (Wildman–Crippen MR) is 71.3 cm³/mol. The van der Waals surface area contributed by atoms with Crippen LogP contribution < -0.4 is 4.74 Å². The SMILES string of the molecule is Fc1[c]c(OCc2ccc3cccnc3c2)ccc1. The van der Waals surface area contributed by atoms with Crippen molar-refractivity contribution in [3.8, 4) is 5.75 Å². The van der Waals surface area contributed by atoms with Gasteiger partial charge < -0.3 is 4.74 Å². The fourth-order valence-corrected chi connectivity index (χ4v) is 1.87. The van der Waals surface area contributed by atoms with Crippen LogP contribution in [0.25, 0.3) is 10.9 Å². The van der Waals surface area contributed by atoms with Crippen molar-refractivity contribution in [1.82, 2.24) is 4.98 Å². The minimum atomic E-state index is -0.419. The Labute approximate surface area is 110 Å². The topological polar surface area (TPSA) is 22.1 Å². The third kappa shape index (κ3) is 2.71. The monoisotopic (exact) mass is 252 g/mol. The van der Waals surface area contributed by atoms with Crippen molar-refractivity contribution in [2.24, 2.45) is 0 Å². The molecule has 1 radical (unpaired) electrons. The van der Waals surface area contributed by atoms with Crippen LogP contribution in [-0.2, 0) is 6.61 Å². The Morgan fingerprint density at radius 3 is 2.95 bits per heavy atom. The van der Waals surface area contributed by atoms with Crippen molar-refractivity contribution < 1.29 is 9.13 Å². The van der Waals surface area contributed by atoms with E-state index in [1.807, 2.05) is 30.3 Å². The van der Waals surface area contributed by atoms with Gasteiger partial charge in [-0.05, 0) is 29.8 Å². The van der Waals surface area contributed by atoms with E-state index in [0.29, 0.717) is 12.4 Å². The average molecular weight is 252 g/mol. The zero-order valence-corrected chi connectivity index (χ0v) is 10.1. The molecule has 3 aromatic rings. The first-order chi connectivity index (χ1) is 9.31. The molecule has 2 aromatic carbocycles. The lowest BCUT2D eigenvalue weighted by molar-refractivity contribution is 0.304. The molecule has 0 fully saturated rings. The van der Waals surface area contributed by atoms with Crippen LogP contribution in [0.15, 0.2) is 54.7 Å². The van der Waals surface area contributed by atoms with Gasteiger partial charge in [-0.25, -0.2) is 4.39 Å². The zero-order valence-electron chi connectivity index (χ0n) is 10.1. The lowest BCUT2D eigenvalue weighted by Crippen LogP contribution is -1.96. The molecule has 19 heavy (non-hydrogen) atoms. The maximum absolute atomic E-state index is 13.0. The standard InChI is InChI=1S/C16H11FNO/c17-14-4-1-5-15(10-14)19-11-12-6-7-13-3-2-8-18-16(13)9-12/h1-9H,11H2. The van der Waals surface area contributed by atoms with Gasteiger partial charge in [0.1, 0.15) is 18.2 Å². The third-order valence-electron chi connectivity index (χ3n) is 2.80. The molecular weight excluding hydrogens is 241 g/mol. The van der Waals surface area contributed by atoms with Gasteiger partial charge in [0, 0.05) is 11.6 Å². The summed E-state index contributed by atoms with van der Waals surface area (Å²) in [5, 5.41) is 1.09. The van der Waals surface area contributed by atoms with Gasteiger partial charge in [-0.3, -0.25) is 4.98 Å². The first-order valence-electron chi connectivity index (χ1n) is 5.95. The molecular formula is C16H11FNO. The molecule has 3 heteroatoms. The van der Waals surface area contributed by atoms with E-state index >= 15 is 0 Å². The highest BCUT2D eigenvalue weighted by Crippen LogP contribution is 2.16. The molecule has 3 rings (SSSR count). The number of pyridine rings is 1. The summed E-state index contributed by atoms with van der Waals surface area (Å²) in [7, 11) is 0. The fraction of sp³-hybridized carbons (Fsp3) is 0.0625. The Morgan fingerprint density at radius 2 is 2.05 bits per heavy atom. The molecule has 0 aliphatic heterocycles. The van der Waals surface area contributed by atoms with E-state index in [-0.39, 0.29) is 0 Å². The lowest BCUT2D eigenvalue weighted by atomic mass is 10.1. The summed E-state index contributed by atoms with van der Waals surface area (Å²) < 4.78 is 18.5. The first-order valence-corrected chi connectivity index (χ1v) is 5.95. The normalized spacial score (nSPS) is 10.6. The molecule has 0 atom stereocenters. The molecule has 1 heterocycles. The van der Waals surface area contributed by atoms with E-state index in [0.717, 1.165) is 16.5 Å². The number of rotatable bonds is 3. The molecule has 0 aliphatic carbocycles. The van der Waals surface area contributed by atoms with Gasteiger partial charge in [0.2, 0.25) is 0 Å². The van der Waals surface area contributed by atoms with Gasteiger partial charge in [-0.15, -0.1) is 0 Å². The first kappa shape index (κ1) is 11.7. The van der Waals surface area contributed by atoms with Gasteiger partial charge in [0.15, 0.2) is 0 Å². The number of hydrogen-bond acceptors (Lipinski definition) is 2. The Balaban J connectivity index is 1.78. The van der Waals surface area contributed by atoms with Crippen LogP contribution in [0.1, 0.15) is 5.56 Å². The van der Waals surface area contributed by atoms with Crippen LogP contribution >= 0.6 is 0 Å². The Kier molecular flexibility index (Phi) is 3.11. The molecule has 0 saturated heterocycles. The molecule has 0 aliphatic rings. The molecule has 93 valence electrons. The van der Waals surface area contributed by atoms with E-state index in [1.165, 1.54) is 6.07 Å². The second-order valence-electron chi connectivity index (χ2n) is 4.18. The Morgan fingerprint density at radius 1 is 1.11 bits per heavy atom. The quantitative estimate of drug-likeness (QED) is 0.708. The highest BCUT2D eigenvalue weighted by atomic mass is 19.1. The van der Waals surface area contributed by atoms with Crippen molar-refractivity contribution in [2.45, 2.75) is 6.61 Å². The highest BCUT2D eigenvalue weighted by Gasteiger charge is 2.00. The van der Waals surface area contributed by atoms with Crippen molar-refractivity contribution in [1.29, 1.82) is 0 Å². The van der Waals surface area contributed by atoms with Crippen molar-refractivity contribution >= 4 is 10.9 Å². The van der Waals surface area contributed by atoms with Gasteiger partial charge in [0.05, 0.1) is 11.6 Å². The van der Waals surface area contributed by atoms with Gasteiger partial charge in [-0.1, -0.05) is 24.3 Å². The number of hydrogen-bond donors (Lipinski definition) is 0. The predicted octanol–water partition coefficient (Wildman–Crippen LogP) is 3.75. The van der Waals surface area contributed by atoms with E-state index in [1.54, 1.807) is 18.3 Å². The molecule has 0 spiro atoms. The number of benzene rings is 2. The number of fused-ring (bicyclic) bond motifs is 1. The van der Waals surface area contributed by atoms with Crippen LogP contribution in [0, 0.1) is 11.9 Å². The van der Waals surface area contributed by atoms with E-state index in [4.69, 9.17) is 4.74 Å².